The molecule has 30 heavy (non-hydrogen) atoms. The Balaban J connectivity index is 0.00000225. The molecule has 3 atom stereocenters. The number of rotatable bonds is 7. The van der Waals surface area contributed by atoms with Crippen LogP contribution in [0.4, 0.5) is 5.69 Å². The molecule has 1 aromatic carbocycles. The number of hydrogen-bond donors (Lipinski definition) is 1. The molecule has 0 amide bonds. The Labute approximate surface area is 194 Å². The zero-order valence-corrected chi connectivity index (χ0v) is 20.5. The van der Waals surface area contributed by atoms with E-state index >= 15 is 0 Å². The minimum Gasteiger partial charge on any atom is -0.497 e. The minimum absolute atomic E-state index is 0. The summed E-state index contributed by atoms with van der Waals surface area (Å²) < 4.78 is 11.3. The van der Waals surface area contributed by atoms with Gasteiger partial charge in [0.1, 0.15) is 5.75 Å². The molecular formula is C23H40Cl2N2O3. The Kier molecular flexibility index (Phi) is 11.2. The summed E-state index contributed by atoms with van der Waals surface area (Å²) in [7, 11) is 1.69. The van der Waals surface area contributed by atoms with Crippen LogP contribution < -0.4 is 9.64 Å². The van der Waals surface area contributed by atoms with Crippen LogP contribution in [0.1, 0.15) is 40.0 Å². The molecule has 5 nitrogen and oxygen atoms in total. The molecule has 2 aliphatic rings. The third-order valence-corrected chi connectivity index (χ3v) is 6.15. The van der Waals surface area contributed by atoms with Crippen molar-refractivity contribution in [2.24, 2.45) is 11.3 Å². The number of nitrogens with zero attached hydrogens (tertiary/aromatic N) is 2. The monoisotopic (exact) mass is 462 g/mol. The minimum atomic E-state index is -0.409. The number of hydrogen-bond acceptors (Lipinski definition) is 5. The Morgan fingerprint density at radius 2 is 1.70 bits per heavy atom. The van der Waals surface area contributed by atoms with Crippen LogP contribution in [0.3, 0.4) is 0 Å². The topological polar surface area (TPSA) is 45.2 Å². The van der Waals surface area contributed by atoms with Crippen molar-refractivity contribution in [2.75, 3.05) is 51.3 Å². The summed E-state index contributed by atoms with van der Waals surface area (Å²) in [5.41, 5.74) is 1.59. The van der Waals surface area contributed by atoms with Gasteiger partial charge in [-0.1, -0.05) is 20.8 Å². The van der Waals surface area contributed by atoms with Crippen LogP contribution in [0.2, 0.25) is 0 Å². The molecule has 3 rings (SSSR count). The van der Waals surface area contributed by atoms with E-state index in [0.717, 1.165) is 44.8 Å². The number of β-amino-alcohol motifs (C(OH)–C–C–N with tert-alkyl or cyclic N) is 1. The number of aliphatic hydroxyl groups is 1. The van der Waals surface area contributed by atoms with Crippen molar-refractivity contribution in [1.29, 1.82) is 0 Å². The van der Waals surface area contributed by atoms with Crippen LogP contribution in [0, 0.1) is 11.3 Å². The van der Waals surface area contributed by atoms with E-state index < -0.39 is 6.10 Å². The van der Waals surface area contributed by atoms with Gasteiger partial charge < -0.3 is 19.5 Å². The fourth-order valence-electron chi connectivity index (χ4n) is 4.96. The lowest BCUT2D eigenvalue weighted by Crippen LogP contribution is -2.49. The standard InChI is InChI=1S/C23H38N2O3.2ClH/c1-18-13-22(15-23(2,3)14-18)28-17-20(26)16-24-9-11-25(12-10-24)19-5-7-21(27-4)8-6-19;;/h5-8,18,20,22,26H,9-17H2,1-4H3;2*1H. The van der Waals surface area contributed by atoms with Crippen molar-refractivity contribution >= 4 is 30.5 Å². The lowest BCUT2D eigenvalue weighted by Gasteiger charge is -2.39. The smallest absolute Gasteiger partial charge is 0.119 e. The molecule has 1 N–H and O–H groups in total. The third kappa shape index (κ3) is 8.08. The number of piperazine rings is 1. The van der Waals surface area contributed by atoms with Gasteiger partial charge in [0.15, 0.2) is 0 Å². The fraction of sp³-hybridized carbons (Fsp3) is 0.739. The van der Waals surface area contributed by atoms with E-state index in [2.05, 4.69) is 42.7 Å². The maximum Gasteiger partial charge on any atom is 0.119 e. The summed E-state index contributed by atoms with van der Waals surface area (Å²) in [5.74, 6) is 1.60. The number of benzene rings is 1. The van der Waals surface area contributed by atoms with E-state index in [0.29, 0.717) is 30.6 Å². The molecular weight excluding hydrogens is 423 g/mol. The highest BCUT2D eigenvalue weighted by atomic mass is 35.5. The summed E-state index contributed by atoms with van der Waals surface area (Å²) in [6, 6.07) is 8.25. The third-order valence-electron chi connectivity index (χ3n) is 6.15. The Bertz CT molecular complexity index is 607. The molecule has 1 saturated heterocycles. The predicted molar refractivity (Wildman–Crippen MR) is 129 cm³/mol. The first-order valence-corrected chi connectivity index (χ1v) is 10.8. The van der Waals surface area contributed by atoms with Crippen molar-refractivity contribution < 1.29 is 14.6 Å². The van der Waals surface area contributed by atoms with Gasteiger partial charge in [-0.15, -0.1) is 24.8 Å². The normalized spacial score (nSPS) is 25.0. The number of halogens is 2. The first kappa shape index (κ1) is 27.3. The molecule has 0 aromatic heterocycles. The van der Waals surface area contributed by atoms with Gasteiger partial charge in [0.2, 0.25) is 0 Å². The largest absolute Gasteiger partial charge is 0.497 e. The van der Waals surface area contributed by atoms with Gasteiger partial charge in [-0.25, -0.2) is 0 Å². The average Bonchev–Trinajstić information content (AvgIpc) is 2.66. The summed E-state index contributed by atoms with van der Waals surface area (Å²) in [6.07, 6.45) is 3.38. The molecule has 0 bridgehead atoms. The van der Waals surface area contributed by atoms with Gasteiger partial charge >= 0.3 is 0 Å². The molecule has 1 aliphatic heterocycles. The molecule has 2 fully saturated rings. The van der Waals surface area contributed by atoms with E-state index in [1.807, 2.05) is 12.1 Å². The molecule has 174 valence electrons. The van der Waals surface area contributed by atoms with E-state index in [1.165, 1.54) is 12.1 Å². The first-order valence-electron chi connectivity index (χ1n) is 10.8. The van der Waals surface area contributed by atoms with E-state index in [4.69, 9.17) is 9.47 Å². The highest BCUT2D eigenvalue weighted by molar-refractivity contribution is 5.85. The predicted octanol–water partition coefficient (Wildman–Crippen LogP) is 4.25. The second kappa shape index (κ2) is 12.4. The van der Waals surface area contributed by atoms with Crippen LogP contribution in [-0.2, 0) is 4.74 Å². The van der Waals surface area contributed by atoms with Gasteiger partial charge in [-0.2, -0.15) is 0 Å². The van der Waals surface area contributed by atoms with Crippen molar-refractivity contribution in [3.63, 3.8) is 0 Å². The van der Waals surface area contributed by atoms with Crippen LogP contribution >= 0.6 is 24.8 Å². The molecule has 0 spiro atoms. The molecule has 3 unspecified atom stereocenters. The highest BCUT2D eigenvalue weighted by Crippen LogP contribution is 2.39. The van der Waals surface area contributed by atoms with Gasteiger partial charge in [0.25, 0.3) is 0 Å². The Morgan fingerprint density at radius 3 is 2.27 bits per heavy atom. The second-order valence-corrected chi connectivity index (χ2v) is 9.51. The number of anilines is 1. The summed E-state index contributed by atoms with van der Waals surface area (Å²) >= 11 is 0. The molecule has 0 radical (unpaired) electrons. The highest BCUT2D eigenvalue weighted by Gasteiger charge is 2.32. The Hall–Kier alpha value is -0.720. The van der Waals surface area contributed by atoms with Crippen molar-refractivity contribution in [2.45, 2.75) is 52.2 Å². The molecule has 1 aromatic rings. The maximum atomic E-state index is 10.5. The van der Waals surface area contributed by atoms with Crippen LogP contribution in [-0.4, -0.2) is 68.7 Å². The van der Waals surface area contributed by atoms with Crippen molar-refractivity contribution in [1.82, 2.24) is 4.90 Å². The summed E-state index contributed by atoms with van der Waals surface area (Å²) in [6.45, 7) is 12.0. The zero-order chi connectivity index (χ0) is 20.1. The molecule has 1 heterocycles. The second-order valence-electron chi connectivity index (χ2n) is 9.51. The van der Waals surface area contributed by atoms with E-state index in [1.54, 1.807) is 7.11 Å². The van der Waals surface area contributed by atoms with Gasteiger partial charge in [0.05, 0.1) is 25.9 Å². The summed E-state index contributed by atoms with van der Waals surface area (Å²) in [5, 5.41) is 10.5. The summed E-state index contributed by atoms with van der Waals surface area (Å²) in [4.78, 5) is 4.74. The molecule has 1 saturated carbocycles. The van der Waals surface area contributed by atoms with Crippen molar-refractivity contribution in [3.05, 3.63) is 24.3 Å². The Morgan fingerprint density at radius 1 is 1.07 bits per heavy atom. The van der Waals surface area contributed by atoms with Gasteiger partial charge in [-0.05, 0) is 54.9 Å². The zero-order valence-electron chi connectivity index (χ0n) is 18.9. The van der Waals surface area contributed by atoms with Crippen molar-refractivity contribution in [3.8, 4) is 5.75 Å². The van der Waals surface area contributed by atoms with Gasteiger partial charge in [-0.3, -0.25) is 4.90 Å². The first-order chi connectivity index (χ1) is 13.3. The number of ether oxygens (including phenoxy) is 2. The van der Waals surface area contributed by atoms with E-state index in [-0.39, 0.29) is 24.8 Å². The van der Waals surface area contributed by atoms with Crippen LogP contribution in [0.5, 0.6) is 5.75 Å². The number of methoxy groups -OCH3 is 1. The molecule has 1 aliphatic carbocycles. The SMILES string of the molecule is COc1ccc(N2CCN(CC(O)COC3CC(C)CC(C)(C)C3)CC2)cc1.Cl.Cl. The van der Waals surface area contributed by atoms with E-state index in [9.17, 15) is 5.11 Å². The maximum absolute atomic E-state index is 10.5. The van der Waals surface area contributed by atoms with Gasteiger partial charge in [0, 0.05) is 38.4 Å². The lowest BCUT2D eigenvalue weighted by atomic mass is 9.71. The lowest BCUT2D eigenvalue weighted by molar-refractivity contribution is -0.0615. The van der Waals surface area contributed by atoms with Crippen LogP contribution in [0.25, 0.3) is 0 Å². The molecule has 7 heteroatoms. The number of aliphatic hydroxyl groups excluding tert-OH is 1. The quantitative estimate of drug-likeness (QED) is 0.655. The fourth-order valence-corrected chi connectivity index (χ4v) is 4.96. The average molecular weight is 463 g/mol. The van der Waals surface area contributed by atoms with Crippen LogP contribution in [0.15, 0.2) is 24.3 Å².